The first-order valence-corrected chi connectivity index (χ1v) is 13.0. The molecule has 0 radical (unpaired) electrons. The Bertz CT molecular complexity index is 1080. The van der Waals surface area contributed by atoms with Crippen molar-refractivity contribution >= 4 is 21.6 Å². The van der Waals surface area contributed by atoms with Gasteiger partial charge in [-0.15, -0.1) is 0 Å². The third-order valence-corrected chi connectivity index (χ3v) is 6.87. The van der Waals surface area contributed by atoms with Crippen LogP contribution in [0.4, 0.5) is 5.69 Å². The number of rotatable bonds is 12. The quantitative estimate of drug-likeness (QED) is 0.298. The first-order valence-electron chi connectivity index (χ1n) is 11.5. The Morgan fingerprint density at radius 1 is 1.09 bits per heavy atom. The lowest BCUT2D eigenvalue weighted by Crippen LogP contribution is -2.42. The third kappa shape index (κ3) is 9.75. The van der Waals surface area contributed by atoms with Gasteiger partial charge >= 0.3 is 0 Å². The number of carbonyl (C=O) groups is 1. The van der Waals surface area contributed by atoms with Gasteiger partial charge in [-0.3, -0.25) is 14.9 Å². The van der Waals surface area contributed by atoms with Gasteiger partial charge in [0.2, 0.25) is 15.9 Å². The molecule has 3 N–H and O–H groups in total. The van der Waals surface area contributed by atoms with Gasteiger partial charge in [0.25, 0.3) is 5.69 Å². The van der Waals surface area contributed by atoms with Gasteiger partial charge in [0, 0.05) is 30.6 Å². The minimum atomic E-state index is -3.99. The first kappa shape index (κ1) is 28.4. The van der Waals surface area contributed by atoms with Crippen molar-refractivity contribution in [3.8, 4) is 0 Å². The molecule has 0 aliphatic carbocycles. The van der Waals surface area contributed by atoms with E-state index in [1.807, 2.05) is 37.3 Å². The predicted molar refractivity (Wildman–Crippen MR) is 134 cm³/mol. The third-order valence-electron chi connectivity index (χ3n) is 5.43. The molecular weight excluding hydrogens is 470 g/mol. The van der Waals surface area contributed by atoms with Crippen LogP contribution in [0.1, 0.15) is 46.1 Å². The summed E-state index contributed by atoms with van der Waals surface area (Å²) >= 11 is 0. The normalized spacial score (nSPS) is 14.7. The number of hydrogen-bond donors (Lipinski definition) is 3. The van der Waals surface area contributed by atoms with Crippen molar-refractivity contribution in [3.63, 3.8) is 0 Å². The number of nitro benzene ring substituents is 1. The van der Waals surface area contributed by atoms with E-state index in [4.69, 9.17) is 0 Å². The molecule has 0 heterocycles. The lowest BCUT2D eigenvalue weighted by Gasteiger charge is -2.27. The van der Waals surface area contributed by atoms with E-state index in [-0.39, 0.29) is 40.9 Å². The van der Waals surface area contributed by atoms with E-state index in [9.17, 15) is 28.4 Å². The first-order chi connectivity index (χ1) is 16.3. The summed E-state index contributed by atoms with van der Waals surface area (Å²) in [7, 11) is -3.99. The molecule has 35 heavy (non-hydrogen) atoms. The molecule has 9 nitrogen and oxygen atoms in total. The molecule has 0 unspecified atom stereocenters. The fraction of sp³-hybridized carbons (Fsp3) is 0.480. The fourth-order valence-electron chi connectivity index (χ4n) is 3.96. The minimum Gasteiger partial charge on any atom is -0.392 e. The van der Waals surface area contributed by atoms with E-state index >= 15 is 0 Å². The van der Waals surface area contributed by atoms with E-state index in [0.29, 0.717) is 6.42 Å². The second-order valence-electron chi connectivity index (χ2n) is 10.1. The number of nitrogens with zero attached hydrogens (tertiary/aromatic N) is 1. The number of aliphatic hydroxyl groups excluding tert-OH is 1. The number of amides is 1. The zero-order chi connectivity index (χ0) is 26.2. The van der Waals surface area contributed by atoms with Crippen LogP contribution in [0, 0.1) is 21.4 Å². The molecule has 192 valence electrons. The second kappa shape index (κ2) is 12.2. The van der Waals surface area contributed by atoms with Crippen LogP contribution in [0.15, 0.2) is 59.5 Å². The smallest absolute Gasteiger partial charge is 0.269 e. The Kier molecular flexibility index (Phi) is 9.93. The molecule has 2 rings (SSSR count). The van der Waals surface area contributed by atoms with Gasteiger partial charge in [-0.05, 0) is 49.3 Å². The Balaban J connectivity index is 2.05. The van der Waals surface area contributed by atoms with Crippen LogP contribution >= 0.6 is 0 Å². The molecule has 0 aliphatic heterocycles. The topological polar surface area (TPSA) is 139 Å². The molecule has 10 heteroatoms. The van der Waals surface area contributed by atoms with Crippen molar-refractivity contribution in [1.82, 2.24) is 10.0 Å². The fourth-order valence-corrected chi connectivity index (χ4v) is 5.03. The summed E-state index contributed by atoms with van der Waals surface area (Å²) in [6.45, 7) is 7.93. The molecule has 0 aromatic heterocycles. The number of hydrogen-bond acceptors (Lipinski definition) is 6. The highest BCUT2D eigenvalue weighted by Gasteiger charge is 2.26. The van der Waals surface area contributed by atoms with Crippen LogP contribution in [0.2, 0.25) is 0 Å². The summed E-state index contributed by atoms with van der Waals surface area (Å²) in [6, 6.07) is 13.9. The predicted octanol–water partition coefficient (Wildman–Crippen LogP) is 3.42. The number of aliphatic hydroxyl groups is 1. The summed E-state index contributed by atoms with van der Waals surface area (Å²) in [5.41, 5.74) is 0.756. The zero-order valence-electron chi connectivity index (χ0n) is 20.6. The molecule has 0 saturated heterocycles. The van der Waals surface area contributed by atoms with Gasteiger partial charge in [0.15, 0.2) is 0 Å². The lowest BCUT2D eigenvalue weighted by molar-refractivity contribution is -0.384. The molecule has 0 fully saturated rings. The van der Waals surface area contributed by atoms with E-state index < -0.39 is 27.0 Å². The van der Waals surface area contributed by atoms with Crippen molar-refractivity contribution in [2.75, 3.05) is 6.54 Å². The van der Waals surface area contributed by atoms with Crippen molar-refractivity contribution < 1.29 is 23.2 Å². The molecule has 2 aromatic carbocycles. The number of non-ortho nitro benzene ring substituents is 1. The Morgan fingerprint density at radius 2 is 1.69 bits per heavy atom. The number of benzene rings is 2. The van der Waals surface area contributed by atoms with E-state index in [2.05, 4.69) is 30.8 Å². The number of sulfonamides is 1. The molecule has 0 aliphatic rings. The van der Waals surface area contributed by atoms with Crippen molar-refractivity contribution in [1.29, 1.82) is 0 Å². The zero-order valence-corrected chi connectivity index (χ0v) is 21.4. The lowest BCUT2D eigenvalue weighted by atomic mass is 9.88. The number of nitro groups is 1. The van der Waals surface area contributed by atoms with Crippen LogP contribution < -0.4 is 10.0 Å². The largest absolute Gasteiger partial charge is 0.392 e. The number of carbonyl (C=O) groups excluding carboxylic acids is 1. The van der Waals surface area contributed by atoms with E-state index in [0.717, 1.165) is 36.2 Å². The minimum absolute atomic E-state index is 0.0390. The van der Waals surface area contributed by atoms with Crippen LogP contribution in [0.25, 0.3) is 0 Å². The molecule has 1 amide bonds. The Labute approximate surface area is 207 Å². The van der Waals surface area contributed by atoms with E-state index in [1.54, 1.807) is 0 Å². The van der Waals surface area contributed by atoms with Gasteiger partial charge in [0.05, 0.1) is 15.9 Å². The monoisotopic (exact) mass is 505 g/mol. The average Bonchev–Trinajstić information content (AvgIpc) is 2.76. The highest BCUT2D eigenvalue weighted by atomic mass is 32.2. The average molecular weight is 506 g/mol. The summed E-state index contributed by atoms with van der Waals surface area (Å²) in [6.07, 6.45) is 0.140. The SMILES string of the molecule is C[C@H](CC(C)(C)C)NC(=O)[C@@H](Cc1ccccc1)C[C@H](O)CNS(=O)(=O)c1ccc([N+](=O)[O-])cc1. The molecular formula is C25H35N3O6S. The van der Waals surface area contributed by atoms with Gasteiger partial charge in [-0.25, -0.2) is 13.1 Å². The standard InChI is InChI=1S/C25H35N3O6S/c1-18(16-25(2,3)4)27-24(30)20(14-19-8-6-5-7-9-19)15-22(29)17-26-35(33,34)23-12-10-21(11-13-23)28(31)32/h5-13,18,20,22,26,29H,14-17H2,1-4H3,(H,27,30)/t18-,20+,22+/m1/s1. The molecule has 3 atom stereocenters. The summed E-state index contributed by atoms with van der Waals surface area (Å²) < 4.78 is 27.4. The molecule has 0 bridgehead atoms. The summed E-state index contributed by atoms with van der Waals surface area (Å²) in [5, 5.41) is 24.4. The molecule has 0 saturated carbocycles. The Hall–Kier alpha value is -2.82. The van der Waals surface area contributed by atoms with Gasteiger partial charge < -0.3 is 10.4 Å². The summed E-state index contributed by atoms with van der Waals surface area (Å²) in [5.74, 6) is -0.749. The van der Waals surface area contributed by atoms with Crippen LogP contribution in [0.3, 0.4) is 0 Å². The second-order valence-corrected chi connectivity index (χ2v) is 11.8. The summed E-state index contributed by atoms with van der Waals surface area (Å²) in [4.78, 5) is 23.1. The van der Waals surface area contributed by atoms with Crippen molar-refractivity contribution in [2.45, 2.75) is 64.0 Å². The maximum absolute atomic E-state index is 13.1. The maximum atomic E-state index is 13.1. The van der Waals surface area contributed by atoms with Crippen molar-refractivity contribution in [2.24, 2.45) is 11.3 Å². The Morgan fingerprint density at radius 3 is 2.23 bits per heavy atom. The van der Waals surface area contributed by atoms with Gasteiger partial charge in [-0.1, -0.05) is 51.1 Å². The molecule has 0 spiro atoms. The highest BCUT2D eigenvalue weighted by molar-refractivity contribution is 7.89. The van der Waals surface area contributed by atoms with Crippen LogP contribution in [-0.2, 0) is 21.2 Å². The number of nitrogens with one attached hydrogen (secondary N) is 2. The van der Waals surface area contributed by atoms with Gasteiger partial charge in [-0.2, -0.15) is 0 Å². The van der Waals surface area contributed by atoms with Crippen LogP contribution in [-0.4, -0.2) is 43.0 Å². The molecule has 2 aromatic rings. The van der Waals surface area contributed by atoms with Gasteiger partial charge in [0.1, 0.15) is 0 Å². The maximum Gasteiger partial charge on any atom is 0.269 e. The van der Waals surface area contributed by atoms with Crippen molar-refractivity contribution in [3.05, 3.63) is 70.3 Å². The highest BCUT2D eigenvalue weighted by Crippen LogP contribution is 2.22. The van der Waals surface area contributed by atoms with E-state index in [1.165, 1.54) is 0 Å². The van der Waals surface area contributed by atoms with Crippen LogP contribution in [0.5, 0.6) is 0 Å².